The molecule has 132 valence electrons. The number of aromatic nitrogens is 3. The predicted octanol–water partition coefficient (Wildman–Crippen LogP) is 1.99. The van der Waals surface area contributed by atoms with E-state index < -0.39 is 0 Å². The molecular weight excluding hydrogens is 320 g/mol. The van der Waals surface area contributed by atoms with Crippen LogP contribution in [0.3, 0.4) is 0 Å². The number of hydrogen-bond donors (Lipinski definition) is 2. The molecule has 3 aromatic heterocycles. The Morgan fingerprint density at radius 3 is 2.84 bits per heavy atom. The molecule has 25 heavy (non-hydrogen) atoms. The van der Waals surface area contributed by atoms with Crippen molar-refractivity contribution in [2.75, 3.05) is 20.6 Å². The average molecular weight is 342 g/mol. The van der Waals surface area contributed by atoms with Crippen LogP contribution >= 0.6 is 0 Å². The van der Waals surface area contributed by atoms with Crippen LogP contribution in [0.2, 0.25) is 0 Å². The van der Waals surface area contributed by atoms with Crippen LogP contribution in [0, 0.1) is 0 Å². The molecule has 0 aromatic carbocycles. The summed E-state index contributed by atoms with van der Waals surface area (Å²) in [6.07, 6.45) is 3.50. The molecule has 0 saturated carbocycles. The maximum atomic E-state index is 12.3. The Kier molecular flexibility index (Phi) is 4.99. The van der Waals surface area contributed by atoms with Gasteiger partial charge in [-0.2, -0.15) is 0 Å². The highest BCUT2D eigenvalue weighted by atomic mass is 16.3. The third-order valence-corrected chi connectivity index (χ3v) is 4.03. The van der Waals surface area contributed by atoms with Crippen LogP contribution in [0.4, 0.5) is 4.79 Å². The minimum absolute atomic E-state index is 0.0371. The van der Waals surface area contributed by atoms with Crippen molar-refractivity contribution in [1.82, 2.24) is 30.1 Å². The van der Waals surface area contributed by atoms with E-state index in [9.17, 15) is 4.79 Å². The highest BCUT2D eigenvalue weighted by molar-refractivity contribution is 5.74. The Labute approximate surface area is 145 Å². The fourth-order valence-corrected chi connectivity index (χ4v) is 2.68. The minimum atomic E-state index is -0.279. The molecule has 0 fully saturated rings. The van der Waals surface area contributed by atoms with E-state index in [0.717, 1.165) is 11.4 Å². The number of likely N-dealkylation sites (N-methyl/N-ethyl adjacent to an activating group) is 1. The highest BCUT2D eigenvalue weighted by Crippen LogP contribution is 2.17. The van der Waals surface area contributed by atoms with E-state index in [4.69, 9.17) is 4.42 Å². The molecule has 2 N–H and O–H groups in total. The molecule has 2 atom stereocenters. The standard InChI is InChI=1S/C17H22N6O2/c1-12(16-21-20-15-8-4-5-9-23(15)16)19-17(24)18-11-13(22(2)3)14-7-6-10-25-14/h4-10,12-13H,11H2,1-3H3,(H2,18,19,24)/t12-,13-/m0/s1. The van der Waals surface area contributed by atoms with E-state index in [1.165, 1.54) is 0 Å². The Bertz CT molecular complexity index is 827. The smallest absolute Gasteiger partial charge is 0.315 e. The van der Waals surface area contributed by atoms with Crippen LogP contribution < -0.4 is 10.6 Å². The maximum absolute atomic E-state index is 12.3. The van der Waals surface area contributed by atoms with Crippen LogP contribution in [0.1, 0.15) is 30.6 Å². The molecule has 3 heterocycles. The zero-order valence-electron chi connectivity index (χ0n) is 14.5. The van der Waals surface area contributed by atoms with Gasteiger partial charge in [0, 0.05) is 12.7 Å². The van der Waals surface area contributed by atoms with Crippen LogP contribution in [-0.2, 0) is 0 Å². The van der Waals surface area contributed by atoms with Gasteiger partial charge in [-0.15, -0.1) is 10.2 Å². The predicted molar refractivity (Wildman–Crippen MR) is 93.1 cm³/mol. The monoisotopic (exact) mass is 342 g/mol. The molecule has 0 bridgehead atoms. The fraction of sp³-hybridized carbons (Fsp3) is 0.353. The molecule has 0 unspecified atom stereocenters. The summed E-state index contributed by atoms with van der Waals surface area (Å²) < 4.78 is 7.30. The zero-order valence-corrected chi connectivity index (χ0v) is 14.5. The van der Waals surface area contributed by atoms with Gasteiger partial charge in [0.05, 0.1) is 18.3 Å². The van der Waals surface area contributed by atoms with Gasteiger partial charge in [0.25, 0.3) is 0 Å². The fourth-order valence-electron chi connectivity index (χ4n) is 2.68. The number of amides is 2. The summed E-state index contributed by atoms with van der Waals surface area (Å²) in [5, 5.41) is 14.0. The molecule has 0 radical (unpaired) electrons. The second-order valence-electron chi connectivity index (χ2n) is 6.06. The van der Waals surface area contributed by atoms with E-state index in [1.54, 1.807) is 6.26 Å². The Morgan fingerprint density at radius 2 is 2.12 bits per heavy atom. The van der Waals surface area contributed by atoms with Crippen LogP contribution in [-0.4, -0.2) is 46.2 Å². The molecule has 0 spiro atoms. The van der Waals surface area contributed by atoms with Crippen LogP contribution in [0.15, 0.2) is 47.2 Å². The Hall–Kier alpha value is -2.87. The number of hydrogen-bond acceptors (Lipinski definition) is 5. The normalized spacial score (nSPS) is 13.8. The third-order valence-electron chi connectivity index (χ3n) is 4.03. The van der Waals surface area contributed by atoms with Crippen molar-refractivity contribution in [1.29, 1.82) is 0 Å². The van der Waals surface area contributed by atoms with Crippen molar-refractivity contribution in [3.8, 4) is 0 Å². The second kappa shape index (κ2) is 7.35. The van der Waals surface area contributed by atoms with Gasteiger partial charge < -0.3 is 15.1 Å². The van der Waals surface area contributed by atoms with Crippen molar-refractivity contribution in [2.24, 2.45) is 0 Å². The first-order chi connectivity index (χ1) is 12.1. The maximum Gasteiger partial charge on any atom is 0.315 e. The van der Waals surface area contributed by atoms with Crippen molar-refractivity contribution in [2.45, 2.75) is 19.0 Å². The third kappa shape index (κ3) is 3.80. The minimum Gasteiger partial charge on any atom is -0.468 e. The quantitative estimate of drug-likeness (QED) is 0.715. The first-order valence-electron chi connectivity index (χ1n) is 8.10. The van der Waals surface area contributed by atoms with Gasteiger partial charge in [-0.1, -0.05) is 6.07 Å². The summed E-state index contributed by atoms with van der Waals surface area (Å²) in [7, 11) is 3.88. The summed E-state index contributed by atoms with van der Waals surface area (Å²) in [5.41, 5.74) is 0.747. The van der Waals surface area contributed by atoms with Gasteiger partial charge in [0.2, 0.25) is 0 Å². The number of urea groups is 1. The summed E-state index contributed by atoms with van der Waals surface area (Å²) in [4.78, 5) is 14.2. The summed E-state index contributed by atoms with van der Waals surface area (Å²) in [5.74, 6) is 1.49. The van der Waals surface area contributed by atoms with E-state index in [-0.39, 0.29) is 18.1 Å². The zero-order chi connectivity index (χ0) is 17.8. The molecule has 3 aromatic rings. The number of carbonyl (C=O) groups excluding carboxylic acids is 1. The van der Waals surface area contributed by atoms with Gasteiger partial charge in [-0.05, 0) is 45.3 Å². The number of fused-ring (bicyclic) bond motifs is 1. The molecule has 8 heteroatoms. The molecule has 2 amide bonds. The van der Waals surface area contributed by atoms with Gasteiger partial charge in [-0.3, -0.25) is 9.30 Å². The molecule has 0 saturated heterocycles. The number of pyridine rings is 1. The lowest BCUT2D eigenvalue weighted by Gasteiger charge is -2.23. The lowest BCUT2D eigenvalue weighted by atomic mass is 10.2. The molecule has 0 aliphatic heterocycles. The van der Waals surface area contributed by atoms with Gasteiger partial charge in [0.1, 0.15) is 5.76 Å². The van der Waals surface area contributed by atoms with Gasteiger partial charge >= 0.3 is 6.03 Å². The van der Waals surface area contributed by atoms with Crippen LogP contribution in [0.5, 0.6) is 0 Å². The summed E-state index contributed by atoms with van der Waals surface area (Å²) in [6.45, 7) is 2.30. The van der Waals surface area contributed by atoms with E-state index in [2.05, 4.69) is 20.8 Å². The summed E-state index contributed by atoms with van der Waals surface area (Å²) >= 11 is 0. The Morgan fingerprint density at radius 1 is 1.28 bits per heavy atom. The largest absolute Gasteiger partial charge is 0.468 e. The second-order valence-corrected chi connectivity index (χ2v) is 6.06. The average Bonchev–Trinajstić information content (AvgIpc) is 3.24. The Balaban J connectivity index is 1.60. The molecule has 3 rings (SSSR count). The first-order valence-corrected chi connectivity index (χ1v) is 8.10. The van der Waals surface area contributed by atoms with Gasteiger partial charge in [0.15, 0.2) is 11.5 Å². The van der Waals surface area contributed by atoms with E-state index in [0.29, 0.717) is 12.4 Å². The van der Waals surface area contributed by atoms with Crippen molar-refractivity contribution >= 4 is 11.7 Å². The van der Waals surface area contributed by atoms with E-state index in [1.807, 2.05) is 66.8 Å². The number of carbonyl (C=O) groups is 1. The van der Waals surface area contributed by atoms with Crippen molar-refractivity contribution in [3.05, 3.63) is 54.4 Å². The molecule has 8 nitrogen and oxygen atoms in total. The number of nitrogens with one attached hydrogen (secondary N) is 2. The molecule has 0 aliphatic carbocycles. The highest BCUT2D eigenvalue weighted by Gasteiger charge is 2.19. The molecular formula is C17H22N6O2. The van der Waals surface area contributed by atoms with Crippen molar-refractivity contribution in [3.63, 3.8) is 0 Å². The van der Waals surface area contributed by atoms with Gasteiger partial charge in [-0.25, -0.2) is 4.79 Å². The van der Waals surface area contributed by atoms with Crippen LogP contribution in [0.25, 0.3) is 5.65 Å². The lowest BCUT2D eigenvalue weighted by molar-refractivity contribution is 0.222. The van der Waals surface area contributed by atoms with E-state index >= 15 is 0 Å². The number of nitrogens with zero attached hydrogens (tertiary/aromatic N) is 4. The topological polar surface area (TPSA) is 87.7 Å². The van der Waals surface area contributed by atoms with Crippen molar-refractivity contribution < 1.29 is 9.21 Å². The SMILES string of the molecule is C[C@H](NC(=O)NC[C@@H](c1ccco1)N(C)C)c1nnc2ccccn12. The first kappa shape index (κ1) is 17.0. The molecule has 0 aliphatic rings. The lowest BCUT2D eigenvalue weighted by Crippen LogP contribution is -2.41. The summed E-state index contributed by atoms with van der Waals surface area (Å²) in [6, 6.07) is 8.82. The number of furan rings is 1. The number of rotatable bonds is 6.